The van der Waals surface area contributed by atoms with Crippen molar-refractivity contribution in [1.29, 1.82) is 0 Å². The summed E-state index contributed by atoms with van der Waals surface area (Å²) in [4.78, 5) is 44.5. The molecule has 1 unspecified atom stereocenters. The molecule has 0 radical (unpaired) electrons. The number of nitrogens with one attached hydrogen (secondary N) is 1. The first-order chi connectivity index (χ1) is 20.7. The molecule has 4 rings (SSSR count). The summed E-state index contributed by atoms with van der Waals surface area (Å²) in [5.41, 5.74) is 3.59. The molecule has 14 nitrogen and oxygen atoms in total. The molecule has 0 saturated carbocycles. The lowest BCUT2D eigenvalue weighted by Crippen LogP contribution is -2.26. The highest BCUT2D eigenvalue weighted by molar-refractivity contribution is 6.32. The molecule has 2 heterocycles. The van der Waals surface area contributed by atoms with Gasteiger partial charge in [0.1, 0.15) is 11.9 Å². The molecule has 0 saturated heterocycles. The fourth-order valence-electron chi connectivity index (χ4n) is 4.42. The van der Waals surface area contributed by atoms with Gasteiger partial charge in [-0.15, -0.1) is 20.3 Å². The number of unbranched alkanes of at least 4 members (excludes halogenated alkanes) is 1. The summed E-state index contributed by atoms with van der Waals surface area (Å²) >= 11 is 6.43. The lowest BCUT2D eigenvalue weighted by molar-refractivity contribution is -0.767. The molecule has 2 aromatic carbocycles. The van der Waals surface area contributed by atoms with Crippen molar-refractivity contribution in [2.45, 2.75) is 65.4 Å². The molecule has 1 N–H and O–H groups in total. The van der Waals surface area contributed by atoms with Gasteiger partial charge in [0.25, 0.3) is 5.09 Å². The Morgan fingerprint density at radius 1 is 1.09 bits per heavy atom. The van der Waals surface area contributed by atoms with Crippen molar-refractivity contribution in [3.8, 4) is 22.5 Å². The second-order valence-corrected chi connectivity index (χ2v) is 10.00. The molecule has 0 spiro atoms. The van der Waals surface area contributed by atoms with Gasteiger partial charge >= 0.3 is 11.9 Å². The van der Waals surface area contributed by atoms with Crippen LogP contribution in [0.2, 0.25) is 5.15 Å². The molecule has 4 aromatic rings. The smallest absolute Gasteiger partial charge is 0.361 e. The largest absolute Gasteiger partial charge is 0.425 e. The topological polar surface area (TPSA) is 177 Å². The van der Waals surface area contributed by atoms with E-state index in [0.29, 0.717) is 18.1 Å². The molecule has 43 heavy (non-hydrogen) atoms. The number of carbonyl (C=O) groups excluding carboxylic acids is 2. The van der Waals surface area contributed by atoms with Crippen molar-refractivity contribution < 1.29 is 29.0 Å². The minimum absolute atomic E-state index is 0.0206. The van der Waals surface area contributed by atoms with Crippen molar-refractivity contribution in [2.24, 2.45) is 0 Å². The van der Waals surface area contributed by atoms with Crippen LogP contribution in [-0.2, 0) is 32.1 Å². The van der Waals surface area contributed by atoms with Crippen LogP contribution in [0.5, 0.6) is 0 Å². The molecule has 0 amide bonds. The number of aromatic nitrogens is 6. The molecule has 15 heteroatoms. The highest BCUT2D eigenvalue weighted by atomic mass is 35.5. The number of rotatable bonds is 14. The minimum atomic E-state index is -1.29. The van der Waals surface area contributed by atoms with Crippen LogP contribution in [0.3, 0.4) is 0 Å². The number of hydrogen-bond donors (Lipinski definition) is 1. The first kappa shape index (κ1) is 31.1. The minimum Gasteiger partial charge on any atom is -0.425 e. The maximum Gasteiger partial charge on any atom is 0.361 e. The fraction of sp³-hybridized carbons (Fsp3) is 0.357. The van der Waals surface area contributed by atoms with Gasteiger partial charge in [-0.05, 0) is 35.2 Å². The first-order valence-corrected chi connectivity index (χ1v) is 13.9. The number of imidazole rings is 1. The molecule has 0 fully saturated rings. The molecule has 0 bridgehead atoms. The summed E-state index contributed by atoms with van der Waals surface area (Å²) in [6, 6.07) is 15.5. The zero-order valence-electron chi connectivity index (χ0n) is 23.7. The third-order valence-corrected chi connectivity index (χ3v) is 6.62. The normalized spacial score (nSPS) is 12.4. The molecule has 0 aliphatic carbocycles. The van der Waals surface area contributed by atoms with Crippen LogP contribution >= 0.6 is 11.6 Å². The zero-order chi connectivity index (χ0) is 30.9. The Morgan fingerprint density at radius 2 is 1.81 bits per heavy atom. The van der Waals surface area contributed by atoms with E-state index in [-0.39, 0.29) is 17.4 Å². The summed E-state index contributed by atoms with van der Waals surface area (Å²) < 4.78 is 12.1. The summed E-state index contributed by atoms with van der Waals surface area (Å²) in [6.07, 6.45) is -0.408. The van der Waals surface area contributed by atoms with E-state index in [0.717, 1.165) is 35.1 Å². The number of benzene rings is 2. The van der Waals surface area contributed by atoms with Crippen molar-refractivity contribution in [2.75, 3.05) is 0 Å². The van der Waals surface area contributed by atoms with Gasteiger partial charge in [0.15, 0.2) is 10.8 Å². The van der Waals surface area contributed by atoms with E-state index >= 15 is 0 Å². The quantitative estimate of drug-likeness (QED) is 0.0895. The Bertz CT molecular complexity index is 1560. The SMILES string of the molecule is CCCCc1nc(Cl)c(C(=O)OC(C)OC(=O)C[C@@H](C)O[N+](=O)[O-])n1Cc1ccc(-c2ccccc2-c2nn[nH]n2)cc1. The lowest BCUT2D eigenvalue weighted by Gasteiger charge is -2.17. The number of tetrazole rings is 1. The number of aryl methyl sites for hydroxylation is 1. The van der Waals surface area contributed by atoms with Crippen LogP contribution in [0.25, 0.3) is 22.5 Å². The highest BCUT2D eigenvalue weighted by Gasteiger charge is 2.26. The number of halogens is 1. The second-order valence-electron chi connectivity index (χ2n) is 9.64. The molecule has 2 aromatic heterocycles. The van der Waals surface area contributed by atoms with Crippen LogP contribution < -0.4 is 0 Å². The summed E-state index contributed by atoms with van der Waals surface area (Å²) in [5, 5.41) is 23.7. The third-order valence-electron chi connectivity index (χ3n) is 6.36. The van der Waals surface area contributed by atoms with Gasteiger partial charge in [-0.1, -0.05) is 73.5 Å². The molecular weight excluding hydrogens is 582 g/mol. The Kier molecular flexibility index (Phi) is 10.4. The predicted octanol–water partition coefficient (Wildman–Crippen LogP) is 4.81. The Hall–Kier alpha value is -4.85. The van der Waals surface area contributed by atoms with Gasteiger partial charge in [-0.25, -0.2) is 9.78 Å². The molecule has 0 aliphatic rings. The van der Waals surface area contributed by atoms with Crippen LogP contribution in [0.4, 0.5) is 0 Å². The van der Waals surface area contributed by atoms with E-state index in [9.17, 15) is 19.7 Å². The summed E-state index contributed by atoms with van der Waals surface area (Å²) in [5.74, 6) is -0.573. The molecule has 2 atom stereocenters. The summed E-state index contributed by atoms with van der Waals surface area (Å²) in [6.45, 7) is 5.02. The standard InChI is InChI=1S/C28H30ClN7O7/c1-4-5-10-23-30-26(29)25(28(38)42-18(3)41-24(37)15-17(2)43-36(39)40)35(23)16-19-11-13-20(14-12-19)21-8-6-7-9-22(21)27-31-33-34-32-27/h6-9,11-14,17-18H,4-5,10,15-16H2,1-3H3,(H,31,32,33,34)/t17-,18?/m1/s1. The van der Waals surface area contributed by atoms with Crippen LogP contribution in [0.15, 0.2) is 48.5 Å². The van der Waals surface area contributed by atoms with Gasteiger partial charge in [-0.3, -0.25) is 4.79 Å². The van der Waals surface area contributed by atoms with Crippen molar-refractivity contribution >= 4 is 23.5 Å². The van der Waals surface area contributed by atoms with Gasteiger partial charge in [-0.2, -0.15) is 5.21 Å². The number of carbonyl (C=O) groups is 2. The number of H-pyrrole nitrogens is 1. The van der Waals surface area contributed by atoms with Crippen molar-refractivity contribution in [1.82, 2.24) is 30.2 Å². The van der Waals surface area contributed by atoms with Crippen LogP contribution in [-0.4, -0.2) is 59.6 Å². The number of nitrogens with zero attached hydrogens (tertiary/aromatic N) is 6. The molecular formula is C28H30ClN7O7. The van der Waals surface area contributed by atoms with Crippen molar-refractivity contribution in [3.63, 3.8) is 0 Å². The number of ether oxygens (including phenoxy) is 2. The van der Waals surface area contributed by atoms with Gasteiger partial charge in [0, 0.05) is 25.5 Å². The summed E-state index contributed by atoms with van der Waals surface area (Å²) in [7, 11) is 0. The Balaban J connectivity index is 1.52. The number of aromatic amines is 1. The zero-order valence-corrected chi connectivity index (χ0v) is 24.5. The predicted molar refractivity (Wildman–Crippen MR) is 153 cm³/mol. The van der Waals surface area contributed by atoms with E-state index in [1.165, 1.54) is 13.8 Å². The number of esters is 2. The molecule has 226 valence electrons. The van der Waals surface area contributed by atoms with Gasteiger partial charge in [0.2, 0.25) is 12.1 Å². The third kappa shape index (κ3) is 8.13. The molecule has 0 aliphatic heterocycles. The maximum atomic E-state index is 13.2. The fourth-order valence-corrected chi connectivity index (χ4v) is 4.69. The van der Waals surface area contributed by atoms with E-state index in [1.54, 1.807) is 4.57 Å². The van der Waals surface area contributed by atoms with Crippen LogP contribution in [0.1, 0.15) is 61.9 Å². The first-order valence-electron chi connectivity index (χ1n) is 13.5. The van der Waals surface area contributed by atoms with Crippen LogP contribution in [0, 0.1) is 10.1 Å². The van der Waals surface area contributed by atoms with Crippen molar-refractivity contribution in [3.05, 3.63) is 80.9 Å². The van der Waals surface area contributed by atoms with E-state index in [2.05, 4.69) is 30.4 Å². The van der Waals surface area contributed by atoms with E-state index < -0.39 is 35.8 Å². The Morgan fingerprint density at radius 3 is 2.47 bits per heavy atom. The van der Waals surface area contributed by atoms with Gasteiger partial charge in [0.05, 0.1) is 6.42 Å². The monoisotopic (exact) mass is 611 g/mol. The van der Waals surface area contributed by atoms with Gasteiger partial charge < -0.3 is 18.9 Å². The average Bonchev–Trinajstić information content (AvgIpc) is 3.59. The second kappa shape index (κ2) is 14.4. The van der Waals surface area contributed by atoms with E-state index in [4.69, 9.17) is 21.1 Å². The van der Waals surface area contributed by atoms with E-state index in [1.807, 2.05) is 55.5 Å². The highest BCUT2D eigenvalue weighted by Crippen LogP contribution is 2.30. The Labute approximate surface area is 251 Å². The average molecular weight is 612 g/mol. The maximum absolute atomic E-state index is 13.2. The number of hydrogen-bond acceptors (Lipinski definition) is 11. The lowest BCUT2D eigenvalue weighted by atomic mass is 9.98.